The third-order valence-corrected chi connectivity index (χ3v) is 11.7. The largest absolute Gasteiger partial charge is 0.459 e. The van der Waals surface area contributed by atoms with Gasteiger partial charge in [0.05, 0.1) is 17.8 Å². The van der Waals surface area contributed by atoms with E-state index in [1.807, 2.05) is 0 Å². The summed E-state index contributed by atoms with van der Waals surface area (Å²) >= 11 is 0. The fraction of sp³-hybridized carbons (Fsp3) is 0.947. The molecule has 4 fully saturated rings. The van der Waals surface area contributed by atoms with Crippen LogP contribution in [-0.4, -0.2) is 65.1 Å². The summed E-state index contributed by atoms with van der Waals surface area (Å²) < 4.78 is 167. The zero-order valence-electron chi connectivity index (χ0n) is 20.3. The fourth-order valence-corrected chi connectivity index (χ4v) is 9.58. The van der Waals surface area contributed by atoms with Crippen molar-refractivity contribution in [3.05, 3.63) is 0 Å². The van der Waals surface area contributed by atoms with Crippen LogP contribution in [0.25, 0.3) is 0 Å². The molecule has 0 spiro atoms. The molecule has 1 N–H and O–H groups in total. The smallest absolute Gasteiger partial charge is 0.439 e. The van der Waals surface area contributed by atoms with Crippen LogP contribution in [0.3, 0.4) is 0 Å². The molecule has 0 aliphatic heterocycles. The molecule has 0 saturated heterocycles. The maximum absolute atomic E-state index is 14.7. The van der Waals surface area contributed by atoms with Crippen molar-refractivity contribution >= 4 is 36.1 Å². The summed E-state index contributed by atoms with van der Waals surface area (Å²) in [6, 6.07) is 0. The van der Waals surface area contributed by atoms with E-state index in [0.29, 0.717) is 12.8 Å². The first-order valence-corrected chi connectivity index (χ1v) is 16.2. The Labute approximate surface area is 216 Å². The van der Waals surface area contributed by atoms with Crippen LogP contribution in [0.15, 0.2) is 0 Å². The molecule has 0 aromatic carbocycles. The van der Waals surface area contributed by atoms with E-state index in [2.05, 4.69) is 4.18 Å². The molecule has 0 aromatic rings. The van der Waals surface area contributed by atoms with Gasteiger partial charge < -0.3 is 4.74 Å². The summed E-state index contributed by atoms with van der Waals surface area (Å²) in [6.07, 6.45) is 0.342. The molecule has 3 atom stereocenters. The molecule has 38 heavy (non-hydrogen) atoms. The molecule has 0 heterocycles. The monoisotopic (exact) mass is 623 g/mol. The lowest BCUT2D eigenvalue weighted by Gasteiger charge is -2.60. The Morgan fingerprint density at radius 2 is 1.39 bits per heavy atom. The summed E-state index contributed by atoms with van der Waals surface area (Å²) in [5.74, 6) is -9.21. The molecule has 4 rings (SSSR count). The summed E-state index contributed by atoms with van der Waals surface area (Å²) in [4.78, 5) is 12.5. The molecule has 4 aliphatic rings. The van der Waals surface area contributed by atoms with Crippen molar-refractivity contribution in [3.8, 4) is 0 Å². The summed E-state index contributed by atoms with van der Waals surface area (Å²) in [5, 5.41) is -13.8. The number of nitrogens with one attached hydrogen (secondary N) is 1. The van der Waals surface area contributed by atoms with E-state index >= 15 is 0 Å². The average Bonchev–Trinajstić information content (AvgIpc) is 2.68. The fourth-order valence-electron chi connectivity index (χ4n) is 5.83. The van der Waals surface area contributed by atoms with Crippen molar-refractivity contribution in [1.82, 2.24) is 4.13 Å². The zero-order valence-corrected chi connectivity index (χ0v) is 22.8. The number of rotatable bonds is 11. The number of carbonyl (C=O) groups is 1. The number of ether oxygens (including phenoxy) is 1. The third kappa shape index (κ3) is 5.16. The molecule has 0 aromatic heterocycles. The van der Waals surface area contributed by atoms with Crippen molar-refractivity contribution in [1.29, 1.82) is 0 Å². The normalized spacial score (nSPS) is 31.3. The molecule has 222 valence electrons. The van der Waals surface area contributed by atoms with Crippen molar-refractivity contribution in [3.63, 3.8) is 0 Å². The lowest BCUT2D eigenvalue weighted by Crippen LogP contribution is -2.66. The van der Waals surface area contributed by atoms with Crippen molar-refractivity contribution in [2.24, 2.45) is 17.8 Å². The quantitative estimate of drug-likeness (QED) is 0.208. The second-order valence-electron chi connectivity index (χ2n) is 10.6. The lowest BCUT2D eigenvalue weighted by atomic mass is 9.52. The van der Waals surface area contributed by atoms with Gasteiger partial charge in [0.2, 0.25) is 10.0 Å². The first-order valence-electron chi connectivity index (χ1n) is 11.4. The number of halogens is 6. The van der Waals surface area contributed by atoms with Gasteiger partial charge in [0.15, 0.2) is 0 Å². The molecule has 4 saturated carbocycles. The van der Waals surface area contributed by atoms with Gasteiger partial charge >= 0.3 is 32.5 Å². The molecule has 3 unspecified atom stereocenters. The number of alkyl halides is 6. The van der Waals surface area contributed by atoms with Crippen LogP contribution in [0.5, 0.6) is 0 Å². The Bertz CT molecular complexity index is 1290. The first-order chi connectivity index (χ1) is 16.9. The standard InChI is InChI=1S/C19H27F6NO9S3/c1-4-11(2)14(27)34-15-6-12-5-13(7-15)9-16(8-12,10-15)35-38(32,33)19(24,25)17(20,21)18(22,23)37(30,31)26-36(3,28)29/h11-13,26H,4-10H2,1-3H3. The van der Waals surface area contributed by atoms with Crippen LogP contribution in [0.1, 0.15) is 58.8 Å². The molecule has 4 bridgehead atoms. The van der Waals surface area contributed by atoms with Gasteiger partial charge in [0.25, 0.3) is 10.0 Å². The van der Waals surface area contributed by atoms with Crippen LogP contribution in [0, 0.1) is 17.8 Å². The Morgan fingerprint density at radius 3 is 1.84 bits per heavy atom. The van der Waals surface area contributed by atoms with Gasteiger partial charge in [0, 0.05) is 6.42 Å². The summed E-state index contributed by atoms with van der Waals surface area (Å²) in [6.45, 7) is 3.27. The SMILES string of the molecule is CCC(C)C(=O)OC12CC3CC(C1)CC(OS(=O)(=O)C(F)(F)C(F)(F)C(F)(F)S(=O)(=O)NS(C)(=O)=O)(C3)C2. The highest BCUT2D eigenvalue weighted by Crippen LogP contribution is 2.62. The molecule has 4 aliphatic carbocycles. The maximum Gasteiger partial charge on any atom is 0.439 e. The second-order valence-corrected chi connectivity index (χ2v) is 15.9. The van der Waals surface area contributed by atoms with E-state index in [-0.39, 0.29) is 36.1 Å². The molecular weight excluding hydrogens is 596 g/mol. The number of hydrogen-bond donors (Lipinski definition) is 1. The number of sulfonamides is 2. The van der Waals surface area contributed by atoms with Gasteiger partial charge in [-0.2, -0.15) is 34.8 Å². The summed E-state index contributed by atoms with van der Waals surface area (Å²) in [7, 11) is -19.3. The van der Waals surface area contributed by atoms with Gasteiger partial charge in [-0.1, -0.05) is 13.8 Å². The maximum atomic E-state index is 14.7. The second kappa shape index (κ2) is 9.17. The van der Waals surface area contributed by atoms with Gasteiger partial charge in [-0.05, 0) is 50.4 Å². The van der Waals surface area contributed by atoms with E-state index in [1.165, 1.54) is 0 Å². The highest BCUT2D eigenvalue weighted by Gasteiger charge is 2.83. The van der Waals surface area contributed by atoms with Crippen LogP contribution in [0.4, 0.5) is 26.3 Å². The number of carbonyl (C=O) groups excluding carboxylic acids is 1. The van der Waals surface area contributed by atoms with Gasteiger partial charge in [-0.15, -0.1) is 4.13 Å². The van der Waals surface area contributed by atoms with Crippen LogP contribution in [0.2, 0.25) is 0 Å². The minimum atomic E-state index is -7.18. The third-order valence-electron chi connectivity index (χ3n) is 7.22. The van der Waals surface area contributed by atoms with E-state index in [4.69, 9.17) is 4.74 Å². The minimum Gasteiger partial charge on any atom is -0.459 e. The Kier molecular flexibility index (Phi) is 7.56. The molecular formula is C19H27F6NO9S3. The molecule has 0 radical (unpaired) electrons. The first kappa shape index (κ1) is 31.3. The Balaban J connectivity index is 1.95. The van der Waals surface area contributed by atoms with Crippen LogP contribution >= 0.6 is 0 Å². The topological polar surface area (TPSA) is 150 Å². The van der Waals surface area contributed by atoms with Gasteiger partial charge in [-0.25, -0.2) is 16.8 Å². The minimum absolute atomic E-state index is 0.0340. The lowest BCUT2D eigenvalue weighted by molar-refractivity contribution is -0.251. The van der Waals surface area contributed by atoms with E-state index in [0.717, 1.165) is 0 Å². The predicted molar refractivity (Wildman–Crippen MR) is 117 cm³/mol. The number of esters is 1. The van der Waals surface area contributed by atoms with Crippen molar-refractivity contribution in [2.45, 2.75) is 86.4 Å². The molecule has 19 heteroatoms. The highest BCUT2D eigenvalue weighted by atomic mass is 32.3. The van der Waals surface area contributed by atoms with Crippen molar-refractivity contribution < 1.29 is 65.3 Å². The zero-order chi connectivity index (χ0) is 29.4. The number of hydrogen-bond acceptors (Lipinski definition) is 9. The Morgan fingerprint density at radius 1 is 0.921 bits per heavy atom. The van der Waals surface area contributed by atoms with Crippen LogP contribution in [-0.2, 0) is 43.9 Å². The van der Waals surface area contributed by atoms with E-state index in [1.54, 1.807) is 13.8 Å². The summed E-state index contributed by atoms with van der Waals surface area (Å²) in [5.41, 5.74) is -3.44. The van der Waals surface area contributed by atoms with Crippen LogP contribution < -0.4 is 4.13 Å². The van der Waals surface area contributed by atoms with E-state index < -0.39 is 87.9 Å². The molecule has 10 nitrogen and oxygen atoms in total. The van der Waals surface area contributed by atoms with E-state index in [9.17, 15) is 56.4 Å². The Hall–Kier alpha value is -1.18. The van der Waals surface area contributed by atoms with Crippen molar-refractivity contribution in [2.75, 3.05) is 6.26 Å². The predicted octanol–water partition coefficient (Wildman–Crippen LogP) is 2.71. The highest BCUT2D eigenvalue weighted by molar-refractivity contribution is 8.04. The molecule has 0 amide bonds. The van der Waals surface area contributed by atoms with Gasteiger partial charge in [-0.3, -0.25) is 8.98 Å². The van der Waals surface area contributed by atoms with Gasteiger partial charge in [0.1, 0.15) is 5.60 Å². The average molecular weight is 624 g/mol.